The smallest absolute Gasteiger partial charge is 0.102 e. The first-order chi connectivity index (χ1) is 9.68. The molecule has 0 heterocycles. The van der Waals surface area contributed by atoms with Crippen LogP contribution in [0.3, 0.4) is 0 Å². The molecule has 0 spiro atoms. The molecule has 2 aromatic carbocycles. The Morgan fingerprint density at radius 1 is 0.381 bits per heavy atom. The van der Waals surface area contributed by atoms with Crippen LogP contribution in [-0.2, 0) is 0 Å². The molecule has 94 valence electrons. The van der Waals surface area contributed by atoms with Crippen LogP contribution in [0.15, 0.2) is 6.07 Å². The third-order valence-electron chi connectivity index (χ3n) is 5.62. The van der Waals surface area contributed by atoms with Crippen LogP contribution in [0, 0.1) is 0 Å². The van der Waals surface area contributed by atoms with Gasteiger partial charge in [-0.15, -0.1) is 16.4 Å². The standard InChI is InChI=1S/C12H19B9/c13-2-1-3(14)7(16)4(6(2)15)5-8(17)10(19)12(21)11(20)9(5)18/h1H,13-21H2. The van der Waals surface area contributed by atoms with E-state index in [4.69, 9.17) is 0 Å². The summed E-state index contributed by atoms with van der Waals surface area (Å²) in [5.74, 6) is 0. The highest BCUT2D eigenvalue weighted by Gasteiger charge is 2.17. The Labute approximate surface area is 137 Å². The molecule has 0 saturated carbocycles. The molecule has 0 aliphatic rings. The molecule has 0 atom stereocenters. The predicted octanol–water partition coefficient (Wildman–Crippen LogP) is -12.3. The van der Waals surface area contributed by atoms with Gasteiger partial charge in [0.2, 0.25) is 0 Å². The van der Waals surface area contributed by atoms with Gasteiger partial charge in [-0.05, 0) is 11.1 Å². The highest BCUT2D eigenvalue weighted by atomic mass is 14.1. The minimum absolute atomic E-state index is 1.39. The summed E-state index contributed by atoms with van der Waals surface area (Å²) in [5, 5.41) is 0. The third-order valence-corrected chi connectivity index (χ3v) is 5.62. The SMILES string of the molecule is Bc1cc(B)c(B)c(-c2c(B)c(B)c(B)c(B)c2B)c1B. The summed E-state index contributed by atoms with van der Waals surface area (Å²) in [5.41, 5.74) is 15.7. The third kappa shape index (κ3) is 2.49. The summed E-state index contributed by atoms with van der Waals surface area (Å²) in [6.45, 7) is 0. The van der Waals surface area contributed by atoms with Crippen molar-refractivity contribution in [1.82, 2.24) is 0 Å². The molecule has 0 aliphatic carbocycles. The molecule has 21 heavy (non-hydrogen) atoms. The van der Waals surface area contributed by atoms with Crippen molar-refractivity contribution in [2.45, 2.75) is 0 Å². The van der Waals surface area contributed by atoms with Crippen molar-refractivity contribution in [2.75, 3.05) is 0 Å². The molecule has 0 fully saturated rings. The van der Waals surface area contributed by atoms with Gasteiger partial charge >= 0.3 is 0 Å². The lowest BCUT2D eigenvalue weighted by molar-refractivity contribution is 1.88. The summed E-state index contributed by atoms with van der Waals surface area (Å²) in [6.07, 6.45) is 0. The van der Waals surface area contributed by atoms with Crippen molar-refractivity contribution < 1.29 is 0 Å². The van der Waals surface area contributed by atoms with E-state index in [-0.39, 0.29) is 0 Å². The van der Waals surface area contributed by atoms with Gasteiger partial charge in [-0.3, -0.25) is 0 Å². The van der Waals surface area contributed by atoms with E-state index < -0.39 is 0 Å². The molecule has 0 amide bonds. The summed E-state index contributed by atoms with van der Waals surface area (Å²) >= 11 is 0. The molecule has 0 nitrogen and oxygen atoms in total. The largest absolute Gasteiger partial charge is 0.139 e. The molecule has 0 aromatic heterocycles. The topological polar surface area (TPSA) is 0 Å². The van der Waals surface area contributed by atoms with Gasteiger partial charge in [0.05, 0.1) is 0 Å². The zero-order chi connectivity index (χ0) is 16.1. The van der Waals surface area contributed by atoms with Gasteiger partial charge in [-0.25, -0.2) is 0 Å². The van der Waals surface area contributed by atoms with E-state index >= 15 is 0 Å². The molecule has 2 rings (SSSR count). The summed E-state index contributed by atoms with van der Waals surface area (Å²) in [4.78, 5) is 0. The molecular formula is C12H19B9. The fourth-order valence-electron chi connectivity index (χ4n) is 3.47. The maximum atomic E-state index is 2.31. The van der Waals surface area contributed by atoms with Crippen LogP contribution in [0.4, 0.5) is 0 Å². The van der Waals surface area contributed by atoms with Crippen molar-refractivity contribution >= 4 is 120 Å². The molecular weight excluding hydrogens is 241 g/mol. The molecule has 0 bridgehead atoms. The minimum atomic E-state index is 1.39. The second kappa shape index (κ2) is 5.67. The Balaban J connectivity index is 3.00. The van der Waals surface area contributed by atoms with E-state index in [0.717, 1.165) is 0 Å². The van der Waals surface area contributed by atoms with Crippen LogP contribution in [0.25, 0.3) is 11.1 Å². The Bertz CT molecular complexity index is 696. The van der Waals surface area contributed by atoms with Crippen LogP contribution in [0.1, 0.15) is 0 Å². The first-order valence-electron chi connectivity index (χ1n) is 7.83. The zero-order valence-corrected chi connectivity index (χ0v) is 15.1. The van der Waals surface area contributed by atoms with Crippen LogP contribution < -0.4 is 49.2 Å². The average molecular weight is 261 g/mol. The fraction of sp³-hybridized carbons (Fsp3) is 0. The minimum Gasteiger partial charge on any atom is -0.102 e. The summed E-state index contributed by atoms with van der Waals surface area (Å²) < 4.78 is 0. The van der Waals surface area contributed by atoms with Gasteiger partial charge in [0, 0.05) is 0 Å². The normalized spacial score (nSPS) is 10.7. The highest BCUT2D eigenvalue weighted by Crippen LogP contribution is 2.05. The van der Waals surface area contributed by atoms with Crippen LogP contribution in [-0.4, -0.2) is 70.6 Å². The maximum absolute atomic E-state index is 2.31. The second-order valence-electron chi connectivity index (χ2n) is 6.64. The first-order valence-corrected chi connectivity index (χ1v) is 7.83. The van der Waals surface area contributed by atoms with Gasteiger partial charge in [0.1, 0.15) is 70.6 Å². The van der Waals surface area contributed by atoms with Crippen LogP contribution in [0.5, 0.6) is 0 Å². The van der Waals surface area contributed by atoms with Crippen molar-refractivity contribution in [3.63, 3.8) is 0 Å². The Morgan fingerprint density at radius 2 is 0.667 bits per heavy atom. The van der Waals surface area contributed by atoms with Crippen LogP contribution >= 0.6 is 0 Å². The molecule has 0 aliphatic heterocycles. The van der Waals surface area contributed by atoms with Gasteiger partial charge in [-0.2, -0.15) is 0 Å². The molecule has 0 unspecified atom stereocenters. The van der Waals surface area contributed by atoms with E-state index in [1.165, 1.54) is 60.3 Å². The zero-order valence-electron chi connectivity index (χ0n) is 15.1. The van der Waals surface area contributed by atoms with Crippen molar-refractivity contribution in [2.24, 2.45) is 0 Å². The molecule has 0 N–H and O–H groups in total. The van der Waals surface area contributed by atoms with Crippen LogP contribution in [0.2, 0.25) is 0 Å². The molecule has 2 aromatic rings. The highest BCUT2D eigenvalue weighted by molar-refractivity contribution is 6.70. The van der Waals surface area contributed by atoms with E-state index in [1.54, 1.807) is 0 Å². The van der Waals surface area contributed by atoms with Crippen molar-refractivity contribution in [1.29, 1.82) is 0 Å². The maximum Gasteiger partial charge on any atom is 0.139 e. The van der Waals surface area contributed by atoms with Gasteiger partial charge in [-0.1, -0.05) is 38.8 Å². The molecule has 0 radical (unpaired) electrons. The fourth-order valence-corrected chi connectivity index (χ4v) is 3.47. The Hall–Kier alpha value is -0.976. The lowest BCUT2D eigenvalue weighted by Crippen LogP contribution is -2.56. The number of hydrogen-bond donors (Lipinski definition) is 0. The quantitative estimate of drug-likeness (QED) is 0.447. The number of rotatable bonds is 1. The van der Waals surface area contributed by atoms with Gasteiger partial charge < -0.3 is 0 Å². The van der Waals surface area contributed by atoms with Gasteiger partial charge in [0.25, 0.3) is 0 Å². The van der Waals surface area contributed by atoms with E-state index in [2.05, 4.69) is 76.7 Å². The number of hydrogen-bond acceptors (Lipinski definition) is 0. The Kier molecular flexibility index (Phi) is 4.42. The van der Waals surface area contributed by atoms with E-state index in [1.807, 2.05) is 0 Å². The number of benzene rings is 2. The first kappa shape index (κ1) is 16.4. The van der Waals surface area contributed by atoms with Gasteiger partial charge in [0.15, 0.2) is 0 Å². The lowest BCUT2D eigenvalue weighted by Gasteiger charge is -2.25. The van der Waals surface area contributed by atoms with Crippen molar-refractivity contribution in [3.8, 4) is 11.1 Å². The second-order valence-corrected chi connectivity index (χ2v) is 6.64. The summed E-state index contributed by atoms with van der Waals surface area (Å²) in [6, 6.07) is 2.31. The monoisotopic (exact) mass is 262 g/mol. The van der Waals surface area contributed by atoms with Crippen molar-refractivity contribution in [3.05, 3.63) is 6.07 Å². The molecule has 9 heteroatoms. The molecule has 0 saturated heterocycles. The average Bonchev–Trinajstić information content (AvgIpc) is 2.44. The predicted molar refractivity (Wildman–Crippen MR) is 125 cm³/mol. The van der Waals surface area contributed by atoms with E-state index in [0.29, 0.717) is 0 Å². The Morgan fingerprint density at radius 3 is 1.05 bits per heavy atom. The lowest BCUT2D eigenvalue weighted by atomic mass is 9.57. The van der Waals surface area contributed by atoms with E-state index in [9.17, 15) is 0 Å². The summed E-state index contributed by atoms with van der Waals surface area (Å²) in [7, 11) is 20.3.